The molecule has 1 aromatic carbocycles. The lowest BCUT2D eigenvalue weighted by Gasteiger charge is -2.39. The fourth-order valence-corrected chi connectivity index (χ4v) is 4.23. The average molecular weight is 352 g/mol. The van der Waals surface area contributed by atoms with Crippen LogP contribution in [0.5, 0.6) is 0 Å². The molecule has 0 unspecified atom stereocenters. The number of nitrogens with one attached hydrogen (secondary N) is 1. The van der Waals surface area contributed by atoms with Gasteiger partial charge in [0.2, 0.25) is 0 Å². The lowest BCUT2D eigenvalue weighted by Crippen LogP contribution is -2.38. The molecular formula is C19H30BrN. The van der Waals surface area contributed by atoms with Crippen molar-refractivity contribution in [3.8, 4) is 0 Å². The topological polar surface area (TPSA) is 12.0 Å². The normalized spacial score (nSPS) is 24.8. The fraction of sp³-hybridized carbons (Fsp3) is 0.684. The van der Waals surface area contributed by atoms with Crippen LogP contribution in [0.15, 0.2) is 28.7 Å². The van der Waals surface area contributed by atoms with Gasteiger partial charge in [-0.1, -0.05) is 61.3 Å². The van der Waals surface area contributed by atoms with Crippen LogP contribution in [0.3, 0.4) is 0 Å². The largest absolute Gasteiger partial charge is 0.307 e. The molecule has 1 aliphatic carbocycles. The number of hydrogen-bond donors (Lipinski definition) is 1. The first-order chi connectivity index (χ1) is 9.94. The first kappa shape index (κ1) is 17.0. The van der Waals surface area contributed by atoms with Crippen LogP contribution in [-0.2, 0) is 0 Å². The Morgan fingerprint density at radius 2 is 1.81 bits per heavy atom. The van der Waals surface area contributed by atoms with Gasteiger partial charge in [0.15, 0.2) is 0 Å². The zero-order chi connectivity index (χ0) is 15.5. The van der Waals surface area contributed by atoms with Crippen LogP contribution in [0, 0.1) is 11.3 Å². The minimum absolute atomic E-state index is 0.418. The molecule has 1 saturated carbocycles. The van der Waals surface area contributed by atoms with Crippen LogP contribution >= 0.6 is 15.9 Å². The van der Waals surface area contributed by atoms with Gasteiger partial charge in [-0.2, -0.15) is 0 Å². The summed E-state index contributed by atoms with van der Waals surface area (Å²) < 4.78 is 1.21. The smallest absolute Gasteiger partial charge is 0.0305 e. The van der Waals surface area contributed by atoms with Gasteiger partial charge >= 0.3 is 0 Å². The molecule has 0 heterocycles. The Bertz CT molecular complexity index is 447. The van der Waals surface area contributed by atoms with Crippen LogP contribution < -0.4 is 5.32 Å². The second-order valence-corrected chi connectivity index (χ2v) is 8.15. The van der Waals surface area contributed by atoms with Gasteiger partial charge in [-0.15, -0.1) is 0 Å². The first-order valence-electron chi connectivity index (χ1n) is 8.44. The molecule has 0 radical (unpaired) electrons. The van der Waals surface area contributed by atoms with Crippen LogP contribution in [0.4, 0.5) is 0 Å². The van der Waals surface area contributed by atoms with Crippen LogP contribution in [0.25, 0.3) is 0 Å². The highest BCUT2D eigenvalue weighted by Gasteiger charge is 2.32. The first-order valence-corrected chi connectivity index (χ1v) is 9.24. The van der Waals surface area contributed by atoms with Crippen molar-refractivity contribution in [2.45, 2.75) is 71.9 Å². The third kappa shape index (κ3) is 4.32. The molecule has 0 bridgehead atoms. The van der Waals surface area contributed by atoms with Crippen molar-refractivity contribution < 1.29 is 0 Å². The molecule has 1 aliphatic rings. The van der Waals surface area contributed by atoms with E-state index in [1.807, 2.05) is 0 Å². The molecule has 1 aromatic rings. The van der Waals surface area contributed by atoms with Crippen molar-refractivity contribution in [1.82, 2.24) is 5.32 Å². The number of rotatable bonds is 5. The van der Waals surface area contributed by atoms with Crippen molar-refractivity contribution in [2.24, 2.45) is 11.3 Å². The third-order valence-electron chi connectivity index (χ3n) is 5.60. The van der Waals surface area contributed by atoms with E-state index in [0.717, 1.165) is 5.92 Å². The Morgan fingerprint density at radius 3 is 2.38 bits per heavy atom. The Hall–Kier alpha value is -0.340. The summed E-state index contributed by atoms with van der Waals surface area (Å²) in [5, 5.41) is 3.84. The van der Waals surface area contributed by atoms with Crippen LogP contribution in [0.2, 0.25) is 0 Å². The Morgan fingerprint density at radius 1 is 1.19 bits per heavy atom. The molecule has 1 N–H and O–H groups in total. The van der Waals surface area contributed by atoms with E-state index in [2.05, 4.69) is 73.2 Å². The van der Waals surface area contributed by atoms with Gasteiger partial charge in [0.05, 0.1) is 0 Å². The SMILES string of the molecule is CCC(C)(C)C1CCC(N[C@@H](C)c2ccccc2Br)CC1. The Labute approximate surface area is 139 Å². The molecule has 0 aliphatic heterocycles. The van der Waals surface area contributed by atoms with E-state index < -0.39 is 0 Å². The summed E-state index contributed by atoms with van der Waals surface area (Å²) >= 11 is 3.67. The van der Waals surface area contributed by atoms with Crippen LogP contribution in [-0.4, -0.2) is 6.04 Å². The molecular weight excluding hydrogens is 322 g/mol. The van der Waals surface area contributed by atoms with Gasteiger partial charge in [0.25, 0.3) is 0 Å². The molecule has 118 valence electrons. The average Bonchev–Trinajstić information content (AvgIpc) is 2.48. The van der Waals surface area contributed by atoms with Crippen LogP contribution in [0.1, 0.15) is 71.4 Å². The monoisotopic (exact) mass is 351 g/mol. The lowest BCUT2D eigenvalue weighted by molar-refractivity contribution is 0.134. The van der Waals surface area contributed by atoms with Gasteiger partial charge in [0.1, 0.15) is 0 Å². The maximum Gasteiger partial charge on any atom is 0.0305 e. The Kier molecular flexibility index (Phi) is 5.90. The second kappa shape index (κ2) is 7.28. The fourth-order valence-electron chi connectivity index (χ4n) is 3.60. The Balaban J connectivity index is 1.88. The van der Waals surface area contributed by atoms with Crippen molar-refractivity contribution in [3.05, 3.63) is 34.3 Å². The number of benzene rings is 1. The van der Waals surface area contributed by atoms with Crippen molar-refractivity contribution in [2.75, 3.05) is 0 Å². The lowest BCUT2D eigenvalue weighted by atomic mass is 9.69. The third-order valence-corrected chi connectivity index (χ3v) is 6.32. The summed E-state index contributed by atoms with van der Waals surface area (Å²) in [7, 11) is 0. The highest BCUT2D eigenvalue weighted by atomic mass is 79.9. The minimum atomic E-state index is 0.418. The molecule has 0 saturated heterocycles. The summed E-state index contributed by atoms with van der Waals surface area (Å²) in [6, 6.07) is 9.65. The zero-order valence-electron chi connectivity index (χ0n) is 14.0. The molecule has 1 fully saturated rings. The highest BCUT2D eigenvalue weighted by Crippen LogP contribution is 2.40. The van der Waals surface area contributed by atoms with Gasteiger partial charge in [-0.25, -0.2) is 0 Å². The highest BCUT2D eigenvalue weighted by molar-refractivity contribution is 9.10. The number of halogens is 1. The van der Waals surface area contributed by atoms with E-state index in [4.69, 9.17) is 0 Å². The van der Waals surface area contributed by atoms with E-state index in [9.17, 15) is 0 Å². The molecule has 0 aromatic heterocycles. The molecule has 21 heavy (non-hydrogen) atoms. The molecule has 2 heteroatoms. The summed E-state index contributed by atoms with van der Waals surface area (Å²) in [5.74, 6) is 0.902. The number of hydrogen-bond acceptors (Lipinski definition) is 1. The van der Waals surface area contributed by atoms with E-state index in [1.165, 1.54) is 42.1 Å². The molecule has 0 spiro atoms. The molecule has 0 amide bonds. The van der Waals surface area contributed by atoms with E-state index >= 15 is 0 Å². The predicted octanol–water partition coefficient (Wildman–Crippen LogP) is 6.09. The van der Waals surface area contributed by atoms with Crippen molar-refractivity contribution >= 4 is 15.9 Å². The summed E-state index contributed by atoms with van der Waals surface area (Å²) in [5.41, 5.74) is 1.88. The molecule has 1 atom stereocenters. The van der Waals surface area contributed by atoms with Crippen molar-refractivity contribution in [3.63, 3.8) is 0 Å². The van der Waals surface area contributed by atoms with E-state index in [1.54, 1.807) is 0 Å². The predicted molar refractivity (Wildman–Crippen MR) is 95.5 cm³/mol. The zero-order valence-corrected chi connectivity index (χ0v) is 15.5. The summed E-state index contributed by atoms with van der Waals surface area (Å²) in [4.78, 5) is 0. The van der Waals surface area contributed by atoms with Gasteiger partial charge in [-0.05, 0) is 55.6 Å². The van der Waals surface area contributed by atoms with Gasteiger partial charge in [0, 0.05) is 16.6 Å². The quantitative estimate of drug-likeness (QED) is 0.676. The van der Waals surface area contributed by atoms with Gasteiger partial charge < -0.3 is 5.32 Å². The minimum Gasteiger partial charge on any atom is -0.307 e. The maximum absolute atomic E-state index is 3.84. The van der Waals surface area contributed by atoms with Crippen molar-refractivity contribution in [1.29, 1.82) is 0 Å². The van der Waals surface area contributed by atoms with E-state index in [0.29, 0.717) is 17.5 Å². The maximum atomic E-state index is 3.84. The standard InChI is InChI=1S/C19H30BrN/c1-5-19(3,4)15-10-12-16(13-11-15)21-14(2)17-8-6-7-9-18(17)20/h6-9,14-16,21H,5,10-13H2,1-4H3/t14-,15?,16?/m0/s1. The molecule has 2 rings (SSSR count). The summed E-state index contributed by atoms with van der Waals surface area (Å²) in [6.45, 7) is 9.49. The van der Waals surface area contributed by atoms with E-state index in [-0.39, 0.29) is 0 Å². The summed E-state index contributed by atoms with van der Waals surface area (Å²) in [6.07, 6.45) is 6.69. The molecule has 1 nitrogen and oxygen atoms in total. The second-order valence-electron chi connectivity index (χ2n) is 7.30. The van der Waals surface area contributed by atoms with Gasteiger partial charge in [-0.3, -0.25) is 0 Å².